The zero-order valence-corrected chi connectivity index (χ0v) is 17.5. The Kier molecular flexibility index (Phi) is 5.56. The highest BCUT2D eigenvalue weighted by Gasteiger charge is 2.17. The first kappa shape index (κ1) is 20.1. The number of anilines is 2. The van der Waals surface area contributed by atoms with Gasteiger partial charge in [0, 0.05) is 41.6 Å². The second kappa shape index (κ2) is 8.29. The Morgan fingerprint density at radius 2 is 1.93 bits per heavy atom. The second-order valence-electron chi connectivity index (χ2n) is 7.76. The number of pyridine rings is 1. The van der Waals surface area contributed by atoms with Crippen molar-refractivity contribution in [2.75, 3.05) is 36.5 Å². The van der Waals surface area contributed by atoms with Gasteiger partial charge in [-0.25, -0.2) is 4.39 Å². The van der Waals surface area contributed by atoms with E-state index in [1.54, 1.807) is 0 Å². The van der Waals surface area contributed by atoms with E-state index >= 15 is 0 Å². The molecule has 2 aromatic carbocycles. The van der Waals surface area contributed by atoms with Crippen molar-refractivity contribution in [1.29, 1.82) is 5.26 Å². The number of hydrogen-bond donors (Lipinski definition) is 1. The van der Waals surface area contributed by atoms with Gasteiger partial charge in [-0.2, -0.15) is 5.26 Å². The van der Waals surface area contributed by atoms with E-state index < -0.39 is 5.82 Å². The molecule has 1 fully saturated rings. The molecule has 1 aliphatic rings. The van der Waals surface area contributed by atoms with Crippen molar-refractivity contribution in [2.45, 2.75) is 26.8 Å². The van der Waals surface area contributed by atoms with E-state index in [4.69, 9.17) is 4.74 Å². The van der Waals surface area contributed by atoms with Gasteiger partial charge in [-0.05, 0) is 68.3 Å². The van der Waals surface area contributed by atoms with Crippen LogP contribution in [0.5, 0.6) is 0 Å². The standard InChI is InChI=1S/C24H25FN4O/c1-15-10-24(28-17(3)21-12-19(25)11-18(14-26)16(21)2)22-13-20(4-5-23(22)27-15)29-6-8-30-9-7-29/h4-5,10-13,17H,6-9H2,1-3H3,(H,27,28). The van der Waals surface area contributed by atoms with Crippen molar-refractivity contribution in [3.05, 3.63) is 64.6 Å². The molecule has 0 aliphatic carbocycles. The second-order valence-corrected chi connectivity index (χ2v) is 7.76. The highest BCUT2D eigenvalue weighted by atomic mass is 19.1. The van der Waals surface area contributed by atoms with Gasteiger partial charge in [0.15, 0.2) is 0 Å². The minimum absolute atomic E-state index is 0.176. The molecule has 1 N–H and O–H groups in total. The fourth-order valence-corrected chi connectivity index (χ4v) is 4.06. The normalized spacial score (nSPS) is 15.1. The Morgan fingerprint density at radius 3 is 2.67 bits per heavy atom. The molecule has 2 heterocycles. The summed E-state index contributed by atoms with van der Waals surface area (Å²) in [5.41, 5.74) is 5.84. The molecule has 30 heavy (non-hydrogen) atoms. The molecule has 1 aromatic heterocycles. The molecular weight excluding hydrogens is 379 g/mol. The summed E-state index contributed by atoms with van der Waals surface area (Å²) in [5, 5.41) is 13.9. The SMILES string of the molecule is Cc1cc(NC(C)c2cc(F)cc(C#N)c2C)c2cc(N3CCOCC3)ccc2n1. The van der Waals surface area contributed by atoms with Crippen LogP contribution in [0.15, 0.2) is 36.4 Å². The Labute approximate surface area is 176 Å². The van der Waals surface area contributed by atoms with Crippen molar-refractivity contribution in [2.24, 2.45) is 0 Å². The molecule has 1 saturated heterocycles. The maximum absolute atomic E-state index is 14.1. The molecule has 1 aliphatic heterocycles. The Balaban J connectivity index is 1.73. The van der Waals surface area contributed by atoms with E-state index in [-0.39, 0.29) is 6.04 Å². The summed E-state index contributed by atoms with van der Waals surface area (Å²) >= 11 is 0. The zero-order valence-electron chi connectivity index (χ0n) is 17.5. The van der Waals surface area contributed by atoms with Crippen LogP contribution in [0.4, 0.5) is 15.8 Å². The van der Waals surface area contributed by atoms with Crippen molar-refractivity contribution in [3.63, 3.8) is 0 Å². The van der Waals surface area contributed by atoms with Crippen LogP contribution >= 0.6 is 0 Å². The van der Waals surface area contributed by atoms with Gasteiger partial charge >= 0.3 is 0 Å². The van der Waals surface area contributed by atoms with E-state index in [2.05, 4.69) is 33.4 Å². The lowest BCUT2D eigenvalue weighted by atomic mass is 9.97. The summed E-state index contributed by atoms with van der Waals surface area (Å²) in [4.78, 5) is 6.99. The number of nitriles is 1. The number of hydrogen-bond acceptors (Lipinski definition) is 5. The summed E-state index contributed by atoms with van der Waals surface area (Å²) in [6.45, 7) is 8.99. The number of fused-ring (bicyclic) bond motifs is 1. The molecular formula is C24H25FN4O. The third-order valence-corrected chi connectivity index (χ3v) is 5.67. The fraction of sp³-hybridized carbons (Fsp3) is 0.333. The monoisotopic (exact) mass is 404 g/mol. The van der Waals surface area contributed by atoms with Crippen LogP contribution in [0.1, 0.15) is 35.3 Å². The number of nitrogens with zero attached hydrogens (tertiary/aromatic N) is 3. The van der Waals surface area contributed by atoms with Crippen molar-refractivity contribution >= 4 is 22.3 Å². The highest BCUT2D eigenvalue weighted by Crippen LogP contribution is 2.32. The van der Waals surface area contributed by atoms with E-state index in [9.17, 15) is 9.65 Å². The Hall–Kier alpha value is -3.17. The number of benzene rings is 2. The summed E-state index contributed by atoms with van der Waals surface area (Å²) < 4.78 is 19.5. The Morgan fingerprint density at radius 1 is 1.17 bits per heavy atom. The lowest BCUT2D eigenvalue weighted by molar-refractivity contribution is 0.122. The molecule has 4 rings (SSSR count). The number of rotatable bonds is 4. The molecule has 0 spiro atoms. The first-order valence-corrected chi connectivity index (χ1v) is 10.2. The van der Waals surface area contributed by atoms with Gasteiger partial charge in [0.25, 0.3) is 0 Å². The maximum atomic E-state index is 14.1. The van der Waals surface area contributed by atoms with Gasteiger partial charge in [0.1, 0.15) is 5.82 Å². The molecule has 0 saturated carbocycles. The molecule has 0 bridgehead atoms. The van der Waals surface area contributed by atoms with E-state index in [1.165, 1.54) is 12.1 Å². The number of aryl methyl sites for hydroxylation is 1. The van der Waals surface area contributed by atoms with Crippen LogP contribution in [0, 0.1) is 31.0 Å². The van der Waals surface area contributed by atoms with Gasteiger partial charge < -0.3 is 15.0 Å². The summed E-state index contributed by atoms with van der Waals surface area (Å²) in [6, 6.07) is 13.0. The maximum Gasteiger partial charge on any atom is 0.124 e. The van der Waals surface area contributed by atoms with Crippen LogP contribution in [0.3, 0.4) is 0 Å². The molecule has 6 heteroatoms. The largest absolute Gasteiger partial charge is 0.378 e. The van der Waals surface area contributed by atoms with E-state index in [0.29, 0.717) is 5.56 Å². The average Bonchev–Trinajstić information content (AvgIpc) is 2.75. The lowest BCUT2D eigenvalue weighted by Crippen LogP contribution is -2.36. The molecule has 0 amide bonds. The van der Waals surface area contributed by atoms with Gasteiger partial charge in [0.05, 0.1) is 30.4 Å². The van der Waals surface area contributed by atoms with Crippen LogP contribution in [-0.2, 0) is 4.74 Å². The summed E-state index contributed by atoms with van der Waals surface area (Å²) in [7, 11) is 0. The summed E-state index contributed by atoms with van der Waals surface area (Å²) in [5.74, 6) is -0.397. The lowest BCUT2D eigenvalue weighted by Gasteiger charge is -2.29. The van der Waals surface area contributed by atoms with Crippen LogP contribution < -0.4 is 10.2 Å². The molecule has 5 nitrogen and oxygen atoms in total. The molecule has 154 valence electrons. The van der Waals surface area contributed by atoms with Gasteiger partial charge in [0.2, 0.25) is 0 Å². The van der Waals surface area contributed by atoms with Crippen molar-refractivity contribution in [3.8, 4) is 6.07 Å². The first-order chi connectivity index (χ1) is 14.5. The highest BCUT2D eigenvalue weighted by molar-refractivity contribution is 5.94. The van der Waals surface area contributed by atoms with Crippen molar-refractivity contribution < 1.29 is 9.13 Å². The number of morpholine rings is 1. The first-order valence-electron chi connectivity index (χ1n) is 10.2. The molecule has 1 atom stereocenters. The predicted octanol–water partition coefficient (Wildman–Crippen LogP) is 4.87. The number of ether oxygens (including phenoxy) is 1. The minimum Gasteiger partial charge on any atom is -0.378 e. The fourth-order valence-electron chi connectivity index (χ4n) is 4.06. The average molecular weight is 404 g/mol. The summed E-state index contributed by atoms with van der Waals surface area (Å²) in [6.07, 6.45) is 0. The number of nitrogens with one attached hydrogen (secondary N) is 1. The minimum atomic E-state index is -0.397. The topological polar surface area (TPSA) is 61.2 Å². The van der Waals surface area contributed by atoms with E-state index in [1.807, 2.05) is 32.9 Å². The van der Waals surface area contributed by atoms with E-state index in [0.717, 1.165) is 65.4 Å². The number of halogens is 1. The quantitative estimate of drug-likeness (QED) is 0.672. The van der Waals surface area contributed by atoms with Gasteiger partial charge in [-0.1, -0.05) is 0 Å². The number of aromatic nitrogens is 1. The van der Waals surface area contributed by atoms with Crippen LogP contribution in [0.25, 0.3) is 10.9 Å². The van der Waals surface area contributed by atoms with Gasteiger partial charge in [-0.3, -0.25) is 4.98 Å². The van der Waals surface area contributed by atoms with Crippen LogP contribution in [-0.4, -0.2) is 31.3 Å². The smallest absolute Gasteiger partial charge is 0.124 e. The van der Waals surface area contributed by atoms with Crippen molar-refractivity contribution in [1.82, 2.24) is 4.98 Å². The molecule has 1 unspecified atom stereocenters. The zero-order chi connectivity index (χ0) is 21.3. The molecule has 3 aromatic rings. The predicted molar refractivity (Wildman–Crippen MR) is 117 cm³/mol. The Bertz CT molecular complexity index is 1130. The third-order valence-electron chi connectivity index (χ3n) is 5.67. The van der Waals surface area contributed by atoms with Gasteiger partial charge in [-0.15, -0.1) is 0 Å². The van der Waals surface area contributed by atoms with Crippen LogP contribution in [0.2, 0.25) is 0 Å². The third kappa shape index (κ3) is 3.94. The molecule has 0 radical (unpaired) electrons.